The molecular formula is C9H14BrNO. The molecule has 0 fully saturated rings. The minimum absolute atomic E-state index is 0.141. The summed E-state index contributed by atoms with van der Waals surface area (Å²) in [5.74, 6) is 0.170. The van der Waals surface area contributed by atoms with Crippen LogP contribution in [-0.2, 0) is 4.79 Å². The Morgan fingerprint density at radius 2 is 2.33 bits per heavy atom. The molecule has 1 heterocycles. The standard InChI is InChI=1S/C9H14BrNO/c1-9(2)4-7(8(12)5-10)11(3)6-9/h4H,5-6H2,1-3H3. The molecule has 0 aromatic carbocycles. The third-order valence-electron chi connectivity index (χ3n) is 1.99. The van der Waals surface area contributed by atoms with Crippen molar-refractivity contribution >= 4 is 21.7 Å². The fourth-order valence-corrected chi connectivity index (χ4v) is 1.87. The molecule has 0 aliphatic carbocycles. The van der Waals surface area contributed by atoms with E-state index in [-0.39, 0.29) is 11.2 Å². The van der Waals surface area contributed by atoms with Crippen molar-refractivity contribution in [1.29, 1.82) is 0 Å². The van der Waals surface area contributed by atoms with Crippen LogP contribution in [0.5, 0.6) is 0 Å². The highest BCUT2D eigenvalue weighted by Gasteiger charge is 2.29. The Kier molecular flexibility index (Phi) is 2.61. The van der Waals surface area contributed by atoms with E-state index in [2.05, 4.69) is 35.9 Å². The molecule has 68 valence electrons. The van der Waals surface area contributed by atoms with Crippen molar-refractivity contribution in [2.45, 2.75) is 13.8 Å². The van der Waals surface area contributed by atoms with Crippen LogP contribution < -0.4 is 0 Å². The molecule has 0 saturated carbocycles. The molecule has 0 aromatic rings. The first-order valence-corrected chi connectivity index (χ1v) is 5.11. The van der Waals surface area contributed by atoms with Crippen LogP contribution in [0.3, 0.4) is 0 Å². The summed E-state index contributed by atoms with van der Waals surface area (Å²) in [5, 5.41) is 0.416. The molecule has 0 aromatic heterocycles. The number of nitrogens with zero attached hydrogens (tertiary/aromatic N) is 1. The van der Waals surface area contributed by atoms with E-state index in [1.54, 1.807) is 0 Å². The van der Waals surface area contributed by atoms with Gasteiger partial charge in [-0.3, -0.25) is 4.79 Å². The Morgan fingerprint density at radius 1 is 1.75 bits per heavy atom. The predicted octanol–water partition coefficient (Wildman–Crippen LogP) is 1.81. The quantitative estimate of drug-likeness (QED) is 0.676. The van der Waals surface area contributed by atoms with E-state index >= 15 is 0 Å². The Balaban J connectivity index is 2.84. The number of hydrogen-bond acceptors (Lipinski definition) is 2. The van der Waals surface area contributed by atoms with Crippen LogP contribution >= 0.6 is 15.9 Å². The monoisotopic (exact) mass is 231 g/mol. The summed E-state index contributed by atoms with van der Waals surface area (Å²) in [6.07, 6.45) is 2.05. The van der Waals surface area contributed by atoms with Gasteiger partial charge in [0.2, 0.25) is 0 Å². The predicted molar refractivity (Wildman–Crippen MR) is 53.3 cm³/mol. The van der Waals surface area contributed by atoms with Crippen molar-refractivity contribution < 1.29 is 4.79 Å². The van der Waals surface area contributed by atoms with Gasteiger partial charge in [0.25, 0.3) is 0 Å². The molecule has 0 unspecified atom stereocenters. The van der Waals surface area contributed by atoms with Crippen molar-refractivity contribution in [2.24, 2.45) is 5.41 Å². The average molecular weight is 232 g/mol. The molecule has 0 spiro atoms. The second kappa shape index (κ2) is 3.21. The largest absolute Gasteiger partial charge is 0.371 e. The van der Waals surface area contributed by atoms with Gasteiger partial charge in [0.15, 0.2) is 5.78 Å². The van der Waals surface area contributed by atoms with Gasteiger partial charge >= 0.3 is 0 Å². The Labute approximate surface area is 81.8 Å². The number of carbonyl (C=O) groups is 1. The molecule has 0 bridgehead atoms. The first-order chi connectivity index (χ1) is 5.46. The Hall–Kier alpha value is -0.310. The zero-order chi connectivity index (χ0) is 9.35. The van der Waals surface area contributed by atoms with Gasteiger partial charge in [-0.25, -0.2) is 0 Å². The van der Waals surface area contributed by atoms with Crippen LogP contribution in [0.15, 0.2) is 11.8 Å². The van der Waals surface area contributed by atoms with Crippen LogP contribution in [0, 0.1) is 5.41 Å². The van der Waals surface area contributed by atoms with Crippen LogP contribution in [0.2, 0.25) is 0 Å². The highest BCUT2D eigenvalue weighted by Crippen LogP contribution is 2.29. The van der Waals surface area contributed by atoms with Crippen molar-refractivity contribution in [3.05, 3.63) is 11.8 Å². The van der Waals surface area contributed by atoms with E-state index < -0.39 is 0 Å². The van der Waals surface area contributed by atoms with Gasteiger partial charge in [0.1, 0.15) is 0 Å². The zero-order valence-electron chi connectivity index (χ0n) is 7.72. The summed E-state index contributed by atoms with van der Waals surface area (Å²) in [7, 11) is 1.96. The van der Waals surface area contributed by atoms with Crippen molar-refractivity contribution in [3.63, 3.8) is 0 Å². The second-order valence-corrected chi connectivity index (χ2v) is 4.49. The molecule has 0 amide bonds. The normalized spacial score (nSPS) is 21.0. The minimum Gasteiger partial charge on any atom is -0.371 e. The van der Waals surface area contributed by atoms with Gasteiger partial charge in [-0.15, -0.1) is 0 Å². The average Bonchev–Trinajstić information content (AvgIpc) is 2.23. The number of ketones is 1. The van der Waals surface area contributed by atoms with E-state index in [9.17, 15) is 4.79 Å². The highest BCUT2D eigenvalue weighted by atomic mass is 79.9. The maximum Gasteiger partial charge on any atom is 0.189 e. The summed E-state index contributed by atoms with van der Waals surface area (Å²) in [6.45, 7) is 5.21. The molecule has 0 N–H and O–H groups in total. The summed E-state index contributed by atoms with van der Waals surface area (Å²) in [5.41, 5.74) is 0.985. The van der Waals surface area contributed by atoms with Crippen LogP contribution in [-0.4, -0.2) is 29.6 Å². The van der Waals surface area contributed by atoms with Gasteiger partial charge in [0, 0.05) is 19.0 Å². The van der Waals surface area contributed by atoms with E-state index in [0.29, 0.717) is 5.33 Å². The zero-order valence-corrected chi connectivity index (χ0v) is 9.31. The maximum atomic E-state index is 11.4. The van der Waals surface area contributed by atoms with Gasteiger partial charge in [-0.1, -0.05) is 29.8 Å². The highest BCUT2D eigenvalue weighted by molar-refractivity contribution is 9.09. The third kappa shape index (κ3) is 1.89. The van der Waals surface area contributed by atoms with Crippen LogP contribution in [0.1, 0.15) is 13.8 Å². The molecule has 1 rings (SSSR count). The number of rotatable bonds is 2. The summed E-state index contributed by atoms with van der Waals surface area (Å²) in [6, 6.07) is 0. The SMILES string of the molecule is CN1CC(C)(C)C=C1C(=O)CBr. The van der Waals surface area contributed by atoms with Gasteiger partial charge < -0.3 is 4.90 Å². The van der Waals surface area contributed by atoms with Gasteiger partial charge in [-0.05, 0) is 6.08 Å². The van der Waals surface area contributed by atoms with Crippen molar-refractivity contribution in [2.75, 3.05) is 18.9 Å². The third-order valence-corrected chi connectivity index (χ3v) is 2.50. The Morgan fingerprint density at radius 3 is 2.67 bits per heavy atom. The summed E-state index contributed by atoms with van der Waals surface area (Å²) in [4.78, 5) is 13.4. The number of carbonyl (C=O) groups excluding carboxylic acids is 1. The first-order valence-electron chi connectivity index (χ1n) is 3.99. The first kappa shape index (κ1) is 9.78. The minimum atomic E-state index is 0.141. The fraction of sp³-hybridized carbons (Fsp3) is 0.667. The second-order valence-electron chi connectivity index (χ2n) is 3.93. The lowest BCUT2D eigenvalue weighted by atomic mass is 9.95. The number of likely N-dealkylation sites (N-methyl/N-ethyl adjacent to an activating group) is 1. The lowest BCUT2D eigenvalue weighted by Crippen LogP contribution is -2.24. The summed E-state index contributed by atoms with van der Waals surface area (Å²) >= 11 is 3.17. The number of alkyl halides is 1. The lowest BCUT2D eigenvalue weighted by molar-refractivity contribution is -0.114. The number of allylic oxidation sites excluding steroid dienone is 1. The number of hydrogen-bond donors (Lipinski definition) is 0. The van der Waals surface area contributed by atoms with E-state index in [1.165, 1.54) is 0 Å². The van der Waals surface area contributed by atoms with E-state index in [4.69, 9.17) is 0 Å². The number of Topliss-reactive ketones (excluding diaryl/α,β-unsaturated/α-hetero) is 1. The fourth-order valence-electron chi connectivity index (χ4n) is 1.58. The molecule has 3 heteroatoms. The van der Waals surface area contributed by atoms with Crippen LogP contribution in [0.4, 0.5) is 0 Å². The molecule has 0 radical (unpaired) electrons. The number of halogens is 1. The van der Waals surface area contributed by atoms with Gasteiger partial charge in [-0.2, -0.15) is 0 Å². The van der Waals surface area contributed by atoms with Crippen LogP contribution in [0.25, 0.3) is 0 Å². The molecule has 0 saturated heterocycles. The molecule has 12 heavy (non-hydrogen) atoms. The smallest absolute Gasteiger partial charge is 0.189 e. The van der Waals surface area contributed by atoms with Crippen molar-refractivity contribution in [3.8, 4) is 0 Å². The van der Waals surface area contributed by atoms with E-state index in [0.717, 1.165) is 12.2 Å². The molecule has 0 atom stereocenters. The van der Waals surface area contributed by atoms with E-state index in [1.807, 2.05) is 11.9 Å². The maximum absolute atomic E-state index is 11.4. The summed E-state index contributed by atoms with van der Waals surface area (Å²) < 4.78 is 0. The van der Waals surface area contributed by atoms with Gasteiger partial charge in [0.05, 0.1) is 11.0 Å². The molecule has 1 aliphatic heterocycles. The molecular weight excluding hydrogens is 218 g/mol. The Bertz CT molecular complexity index is 233. The topological polar surface area (TPSA) is 20.3 Å². The molecule has 1 aliphatic rings. The van der Waals surface area contributed by atoms with Crippen molar-refractivity contribution in [1.82, 2.24) is 4.90 Å². The lowest BCUT2D eigenvalue weighted by Gasteiger charge is -2.18. The molecule has 2 nitrogen and oxygen atoms in total.